The fraction of sp³-hybridized carbons (Fsp3) is 0.200. The van der Waals surface area contributed by atoms with E-state index >= 15 is 0 Å². The molecule has 102 valence electrons. The predicted octanol–water partition coefficient (Wildman–Crippen LogP) is 3.61. The first kappa shape index (κ1) is 14.1. The number of nitriles is 1. The third kappa shape index (κ3) is 2.51. The molecule has 0 amide bonds. The second-order valence-electron chi connectivity index (χ2n) is 4.23. The van der Waals surface area contributed by atoms with Crippen molar-refractivity contribution in [2.24, 2.45) is 0 Å². The molecule has 0 unspecified atom stereocenters. The first-order valence-corrected chi connectivity index (χ1v) is 6.38. The lowest BCUT2D eigenvalue weighted by atomic mass is 10.0. The highest BCUT2D eigenvalue weighted by atomic mass is 32.1. The molecule has 0 saturated carbocycles. The van der Waals surface area contributed by atoms with E-state index in [1.165, 1.54) is 0 Å². The Balaban J connectivity index is 2.63. The van der Waals surface area contributed by atoms with Crippen LogP contribution in [0.5, 0.6) is 11.5 Å². The number of hydrogen-bond donors (Lipinski definition) is 1. The van der Waals surface area contributed by atoms with Gasteiger partial charge in [0, 0.05) is 11.3 Å². The summed E-state index contributed by atoms with van der Waals surface area (Å²) in [5.41, 5.74) is 3.20. The van der Waals surface area contributed by atoms with Crippen LogP contribution in [0.1, 0.15) is 11.3 Å². The van der Waals surface area contributed by atoms with E-state index in [1.807, 2.05) is 25.1 Å². The normalized spacial score (nSPS) is 9.90. The number of pyridine rings is 1. The van der Waals surface area contributed by atoms with Gasteiger partial charge in [-0.2, -0.15) is 5.26 Å². The third-order valence-electron chi connectivity index (χ3n) is 3.05. The number of methoxy groups -OCH3 is 2. The largest absolute Gasteiger partial charge is 0.493 e. The molecule has 1 aromatic carbocycles. The van der Waals surface area contributed by atoms with Gasteiger partial charge in [-0.15, -0.1) is 0 Å². The minimum absolute atomic E-state index is 0.453. The molecule has 0 aliphatic rings. The zero-order valence-electron chi connectivity index (χ0n) is 11.5. The van der Waals surface area contributed by atoms with Gasteiger partial charge in [0.1, 0.15) is 10.7 Å². The van der Waals surface area contributed by atoms with Crippen molar-refractivity contribution >= 4 is 12.2 Å². The van der Waals surface area contributed by atoms with E-state index in [9.17, 15) is 0 Å². The van der Waals surface area contributed by atoms with Crippen LogP contribution in [-0.4, -0.2) is 19.2 Å². The third-order valence-corrected chi connectivity index (χ3v) is 3.38. The molecule has 20 heavy (non-hydrogen) atoms. The highest BCUT2D eigenvalue weighted by Crippen LogP contribution is 2.33. The van der Waals surface area contributed by atoms with Gasteiger partial charge in [-0.05, 0) is 30.7 Å². The quantitative estimate of drug-likeness (QED) is 0.876. The minimum Gasteiger partial charge on any atom is -0.493 e. The van der Waals surface area contributed by atoms with E-state index in [0.717, 1.165) is 16.8 Å². The summed E-state index contributed by atoms with van der Waals surface area (Å²) in [6, 6.07) is 9.51. The molecule has 0 bridgehead atoms. The average molecular weight is 286 g/mol. The molecule has 0 aliphatic carbocycles. The van der Waals surface area contributed by atoms with Crippen LogP contribution in [0.15, 0.2) is 24.3 Å². The number of H-pyrrole nitrogens is 1. The Hall–Kier alpha value is -2.32. The molecule has 1 N–H and O–H groups in total. The van der Waals surface area contributed by atoms with Gasteiger partial charge in [0.25, 0.3) is 0 Å². The molecule has 2 rings (SSSR count). The van der Waals surface area contributed by atoms with E-state index in [4.69, 9.17) is 27.0 Å². The van der Waals surface area contributed by atoms with Crippen LogP contribution in [0.3, 0.4) is 0 Å². The maximum absolute atomic E-state index is 9.08. The Morgan fingerprint density at radius 2 is 1.85 bits per heavy atom. The maximum Gasteiger partial charge on any atom is 0.161 e. The van der Waals surface area contributed by atoms with Gasteiger partial charge >= 0.3 is 0 Å². The fourth-order valence-corrected chi connectivity index (χ4v) is 2.27. The average Bonchev–Trinajstić information content (AvgIpc) is 2.46. The molecule has 0 spiro atoms. The van der Waals surface area contributed by atoms with Gasteiger partial charge in [0.2, 0.25) is 0 Å². The van der Waals surface area contributed by atoms with Gasteiger partial charge in [-0.1, -0.05) is 18.3 Å². The Morgan fingerprint density at radius 1 is 1.15 bits per heavy atom. The minimum atomic E-state index is 0.453. The number of ether oxygens (including phenoxy) is 2. The van der Waals surface area contributed by atoms with Gasteiger partial charge in [-0.3, -0.25) is 0 Å². The summed E-state index contributed by atoms with van der Waals surface area (Å²) in [5.74, 6) is 1.31. The summed E-state index contributed by atoms with van der Waals surface area (Å²) in [7, 11) is 3.18. The molecule has 0 saturated heterocycles. The molecular weight excluding hydrogens is 272 g/mol. The van der Waals surface area contributed by atoms with E-state index in [-0.39, 0.29) is 0 Å². The van der Waals surface area contributed by atoms with Crippen molar-refractivity contribution in [3.05, 3.63) is 40.2 Å². The van der Waals surface area contributed by atoms with E-state index < -0.39 is 0 Å². The number of nitrogens with zero attached hydrogens (tertiary/aromatic N) is 1. The first-order valence-electron chi connectivity index (χ1n) is 5.97. The lowest BCUT2D eigenvalue weighted by molar-refractivity contribution is 0.355. The van der Waals surface area contributed by atoms with Crippen LogP contribution in [0.2, 0.25) is 0 Å². The molecule has 0 fully saturated rings. The number of benzene rings is 1. The van der Waals surface area contributed by atoms with Gasteiger partial charge in [-0.25, -0.2) is 0 Å². The predicted molar refractivity (Wildman–Crippen MR) is 79.6 cm³/mol. The monoisotopic (exact) mass is 286 g/mol. The summed E-state index contributed by atoms with van der Waals surface area (Å²) in [6.45, 7) is 1.92. The second kappa shape index (κ2) is 5.76. The number of aryl methyl sites for hydroxylation is 1. The molecule has 4 nitrogen and oxygen atoms in total. The van der Waals surface area contributed by atoms with Gasteiger partial charge < -0.3 is 14.5 Å². The molecule has 5 heteroatoms. The lowest BCUT2D eigenvalue weighted by Gasteiger charge is -2.11. The highest BCUT2D eigenvalue weighted by Gasteiger charge is 2.10. The molecule has 0 atom stereocenters. The number of nitrogens with one attached hydrogen (secondary N) is 1. The van der Waals surface area contributed by atoms with Crippen molar-refractivity contribution in [2.75, 3.05) is 14.2 Å². The number of hydrogen-bond acceptors (Lipinski definition) is 4. The SMILES string of the molecule is COc1ccc(-c2cc(C#N)c(=S)[nH]c2C)cc1OC. The Labute approximate surface area is 122 Å². The van der Waals surface area contributed by atoms with E-state index in [2.05, 4.69) is 11.1 Å². The van der Waals surface area contributed by atoms with Gasteiger partial charge in [0.05, 0.1) is 19.8 Å². The molecule has 0 aliphatic heterocycles. The molecular formula is C15H14N2O2S. The topological polar surface area (TPSA) is 58.0 Å². The summed E-state index contributed by atoms with van der Waals surface area (Å²) >= 11 is 5.11. The van der Waals surface area contributed by atoms with Gasteiger partial charge in [0.15, 0.2) is 11.5 Å². The van der Waals surface area contributed by atoms with Crippen LogP contribution < -0.4 is 9.47 Å². The van der Waals surface area contributed by atoms with Crippen LogP contribution in [0, 0.1) is 22.9 Å². The van der Waals surface area contributed by atoms with Crippen molar-refractivity contribution < 1.29 is 9.47 Å². The number of aromatic amines is 1. The van der Waals surface area contributed by atoms with E-state index in [1.54, 1.807) is 20.3 Å². The van der Waals surface area contributed by atoms with Crippen LogP contribution in [-0.2, 0) is 0 Å². The second-order valence-corrected chi connectivity index (χ2v) is 4.64. The summed E-state index contributed by atoms with van der Waals surface area (Å²) in [4.78, 5) is 3.04. The number of rotatable bonds is 3. The van der Waals surface area contributed by atoms with Crippen LogP contribution >= 0.6 is 12.2 Å². The fourth-order valence-electron chi connectivity index (χ4n) is 2.01. The van der Waals surface area contributed by atoms with Crippen LogP contribution in [0.4, 0.5) is 0 Å². The molecule has 2 aromatic rings. The molecule has 1 heterocycles. The highest BCUT2D eigenvalue weighted by molar-refractivity contribution is 7.71. The van der Waals surface area contributed by atoms with Crippen molar-refractivity contribution in [1.82, 2.24) is 4.98 Å². The van der Waals surface area contributed by atoms with Crippen molar-refractivity contribution in [3.63, 3.8) is 0 Å². The standard InChI is InChI=1S/C15H14N2O2S/c1-9-12(6-11(8-16)15(20)17-9)10-4-5-13(18-2)14(7-10)19-3/h4-7H,1-3H3,(H,17,20). The van der Waals surface area contributed by atoms with Crippen LogP contribution in [0.25, 0.3) is 11.1 Å². The zero-order valence-corrected chi connectivity index (χ0v) is 12.3. The summed E-state index contributed by atoms with van der Waals surface area (Å²) in [6.07, 6.45) is 0. The summed E-state index contributed by atoms with van der Waals surface area (Å²) in [5, 5.41) is 9.08. The smallest absolute Gasteiger partial charge is 0.161 e. The number of aromatic nitrogens is 1. The Morgan fingerprint density at radius 3 is 2.45 bits per heavy atom. The first-order chi connectivity index (χ1) is 9.60. The van der Waals surface area contributed by atoms with Crippen molar-refractivity contribution in [3.8, 4) is 28.7 Å². The van der Waals surface area contributed by atoms with E-state index in [0.29, 0.717) is 21.7 Å². The zero-order chi connectivity index (χ0) is 14.7. The Kier molecular flexibility index (Phi) is 4.06. The Bertz CT molecular complexity index is 745. The van der Waals surface area contributed by atoms with Crippen molar-refractivity contribution in [2.45, 2.75) is 6.92 Å². The molecule has 1 aromatic heterocycles. The maximum atomic E-state index is 9.08. The lowest BCUT2D eigenvalue weighted by Crippen LogP contribution is -1.94. The molecule has 0 radical (unpaired) electrons. The van der Waals surface area contributed by atoms with Crippen molar-refractivity contribution in [1.29, 1.82) is 5.26 Å². The summed E-state index contributed by atoms with van der Waals surface area (Å²) < 4.78 is 11.0.